The molecule has 0 saturated carbocycles. The van der Waals surface area contributed by atoms with E-state index >= 15 is 0 Å². The minimum Gasteiger partial charge on any atom is -0.465 e. The average Bonchev–Trinajstić information content (AvgIpc) is 3.40. The second-order valence-corrected chi connectivity index (χ2v) is 8.72. The molecule has 2 aromatic carbocycles. The van der Waals surface area contributed by atoms with Gasteiger partial charge in [0.1, 0.15) is 5.69 Å². The zero-order valence-electron chi connectivity index (χ0n) is 19.7. The molecule has 3 N–H and O–H groups in total. The maximum absolute atomic E-state index is 12.8. The van der Waals surface area contributed by atoms with E-state index in [0.717, 1.165) is 29.5 Å². The summed E-state index contributed by atoms with van der Waals surface area (Å²) in [6, 6.07) is 17.7. The first-order valence-electron chi connectivity index (χ1n) is 11.5. The quantitative estimate of drug-likeness (QED) is 0.279. The van der Waals surface area contributed by atoms with E-state index in [1.54, 1.807) is 6.92 Å². The number of ether oxygens (including phenoxy) is 1. The molecule has 3 rings (SSSR count). The van der Waals surface area contributed by atoms with Crippen molar-refractivity contribution in [2.45, 2.75) is 45.6 Å². The molecule has 1 amide bonds. The van der Waals surface area contributed by atoms with Crippen LogP contribution in [0.25, 0.3) is 11.1 Å². The molecule has 1 heterocycles. The lowest BCUT2D eigenvalue weighted by atomic mass is 9.82. The van der Waals surface area contributed by atoms with Gasteiger partial charge in [-0.2, -0.15) is 0 Å². The molecule has 0 aliphatic carbocycles. The molecular formula is C26H32N4O4. The fourth-order valence-corrected chi connectivity index (χ4v) is 3.73. The standard InChI is InChI=1S/C26H32N4O4/c1-3-4-14-34-25(33)26(2,18-31)16-22(28-24(32)23-17-27-30-29-23)15-19-10-12-21(13-11-19)20-8-6-5-7-9-20/h5-13,17,22,31H,3-4,14-16,18H2,1-2H3,(H,28,32)(H,27,29,30)/t22-,26?/m1/s1. The van der Waals surface area contributed by atoms with Crippen molar-refractivity contribution in [3.8, 4) is 11.1 Å². The maximum atomic E-state index is 12.8. The zero-order valence-corrected chi connectivity index (χ0v) is 19.7. The van der Waals surface area contributed by atoms with Gasteiger partial charge in [-0.3, -0.25) is 14.7 Å². The van der Waals surface area contributed by atoms with E-state index in [-0.39, 0.29) is 24.6 Å². The van der Waals surface area contributed by atoms with Gasteiger partial charge in [0.25, 0.3) is 5.91 Å². The van der Waals surface area contributed by atoms with Gasteiger partial charge in [0, 0.05) is 6.04 Å². The highest BCUT2D eigenvalue weighted by Crippen LogP contribution is 2.27. The van der Waals surface area contributed by atoms with Gasteiger partial charge < -0.3 is 15.2 Å². The number of amides is 1. The van der Waals surface area contributed by atoms with Gasteiger partial charge in [-0.05, 0) is 42.9 Å². The summed E-state index contributed by atoms with van der Waals surface area (Å²) >= 11 is 0. The summed E-state index contributed by atoms with van der Waals surface area (Å²) < 4.78 is 5.39. The number of unbranched alkanes of at least 4 members (excludes halogenated alkanes) is 1. The van der Waals surface area contributed by atoms with E-state index in [9.17, 15) is 14.7 Å². The van der Waals surface area contributed by atoms with Crippen molar-refractivity contribution in [1.29, 1.82) is 0 Å². The van der Waals surface area contributed by atoms with Crippen LogP contribution in [-0.4, -0.2) is 51.6 Å². The first-order chi connectivity index (χ1) is 16.4. The fraction of sp³-hybridized carbons (Fsp3) is 0.385. The minimum absolute atomic E-state index is 0.211. The van der Waals surface area contributed by atoms with Crippen LogP contribution in [0.5, 0.6) is 0 Å². The number of rotatable bonds is 12. The first-order valence-corrected chi connectivity index (χ1v) is 11.5. The van der Waals surface area contributed by atoms with Gasteiger partial charge in [0.05, 0.1) is 24.8 Å². The van der Waals surface area contributed by atoms with E-state index in [1.165, 1.54) is 6.20 Å². The molecule has 8 heteroatoms. The third kappa shape index (κ3) is 6.74. The van der Waals surface area contributed by atoms with E-state index in [2.05, 4.69) is 20.7 Å². The second-order valence-electron chi connectivity index (χ2n) is 8.72. The van der Waals surface area contributed by atoms with Crippen molar-refractivity contribution in [2.75, 3.05) is 13.2 Å². The molecule has 0 radical (unpaired) electrons. The van der Waals surface area contributed by atoms with Crippen LogP contribution < -0.4 is 5.32 Å². The Morgan fingerprint density at radius 1 is 1.12 bits per heavy atom. The fourth-order valence-electron chi connectivity index (χ4n) is 3.73. The van der Waals surface area contributed by atoms with Crippen LogP contribution in [0.1, 0.15) is 49.2 Å². The summed E-state index contributed by atoms with van der Waals surface area (Å²) in [5.74, 6) is -0.846. The number of hydrogen-bond acceptors (Lipinski definition) is 6. The van der Waals surface area contributed by atoms with Gasteiger partial charge >= 0.3 is 5.97 Å². The number of H-pyrrole nitrogens is 1. The highest BCUT2D eigenvalue weighted by molar-refractivity contribution is 5.92. The Morgan fingerprint density at radius 3 is 2.44 bits per heavy atom. The number of aromatic nitrogens is 3. The number of nitrogens with zero attached hydrogens (tertiary/aromatic N) is 2. The number of hydrogen-bond donors (Lipinski definition) is 3. The zero-order chi connectivity index (χ0) is 24.4. The van der Waals surface area contributed by atoms with Gasteiger partial charge in [-0.25, -0.2) is 0 Å². The van der Waals surface area contributed by atoms with Crippen LogP contribution in [0.3, 0.4) is 0 Å². The molecule has 1 aromatic heterocycles. The number of aliphatic hydroxyl groups is 1. The lowest BCUT2D eigenvalue weighted by Crippen LogP contribution is -2.44. The van der Waals surface area contributed by atoms with Crippen molar-refractivity contribution in [2.24, 2.45) is 5.41 Å². The number of carbonyl (C=O) groups is 2. The summed E-state index contributed by atoms with van der Waals surface area (Å²) in [4.78, 5) is 25.5. The predicted octanol–water partition coefficient (Wildman–Crippen LogP) is 3.54. The molecule has 0 spiro atoms. The average molecular weight is 465 g/mol. The smallest absolute Gasteiger partial charge is 0.314 e. The Hall–Kier alpha value is -3.52. The summed E-state index contributed by atoms with van der Waals surface area (Å²) in [6.07, 6.45) is 3.68. The number of benzene rings is 2. The molecular weight excluding hydrogens is 432 g/mol. The van der Waals surface area contributed by atoms with Gasteiger partial charge in [0.15, 0.2) is 0 Å². The Labute approximate surface area is 199 Å². The van der Waals surface area contributed by atoms with Crippen molar-refractivity contribution in [3.05, 3.63) is 72.1 Å². The highest BCUT2D eigenvalue weighted by Gasteiger charge is 2.37. The number of aliphatic hydroxyl groups excluding tert-OH is 1. The number of nitrogens with one attached hydrogen (secondary N) is 2. The van der Waals surface area contributed by atoms with Crippen LogP contribution in [-0.2, 0) is 16.0 Å². The van der Waals surface area contributed by atoms with E-state index in [0.29, 0.717) is 13.0 Å². The van der Waals surface area contributed by atoms with Crippen LogP contribution in [0, 0.1) is 5.41 Å². The second kappa shape index (κ2) is 12.1. The largest absolute Gasteiger partial charge is 0.465 e. The van der Waals surface area contributed by atoms with E-state index in [4.69, 9.17) is 4.74 Å². The lowest BCUT2D eigenvalue weighted by molar-refractivity contribution is -0.158. The predicted molar refractivity (Wildman–Crippen MR) is 129 cm³/mol. The molecule has 0 aliphatic heterocycles. The number of carbonyl (C=O) groups excluding carboxylic acids is 2. The summed E-state index contributed by atoms with van der Waals surface area (Å²) in [7, 11) is 0. The third-order valence-electron chi connectivity index (χ3n) is 5.81. The summed E-state index contributed by atoms with van der Waals surface area (Å²) in [5.41, 5.74) is 2.27. The normalized spacial score (nSPS) is 13.6. The molecule has 3 aromatic rings. The number of esters is 1. The topological polar surface area (TPSA) is 117 Å². The molecule has 8 nitrogen and oxygen atoms in total. The minimum atomic E-state index is -1.15. The molecule has 180 valence electrons. The molecule has 0 saturated heterocycles. The Kier molecular flexibility index (Phi) is 8.93. The molecule has 0 aliphatic rings. The maximum Gasteiger partial charge on any atom is 0.314 e. The van der Waals surface area contributed by atoms with Crippen molar-refractivity contribution in [1.82, 2.24) is 20.7 Å². The summed E-state index contributed by atoms with van der Waals surface area (Å²) in [5, 5.41) is 22.8. The van der Waals surface area contributed by atoms with Crippen molar-refractivity contribution in [3.63, 3.8) is 0 Å². The van der Waals surface area contributed by atoms with Crippen LogP contribution in [0.4, 0.5) is 0 Å². The van der Waals surface area contributed by atoms with Gasteiger partial charge in [0.2, 0.25) is 0 Å². The van der Waals surface area contributed by atoms with Crippen molar-refractivity contribution < 1.29 is 19.4 Å². The Morgan fingerprint density at radius 2 is 1.82 bits per heavy atom. The molecule has 0 fully saturated rings. The molecule has 0 bridgehead atoms. The van der Waals surface area contributed by atoms with Gasteiger partial charge in [-0.1, -0.05) is 73.2 Å². The SMILES string of the molecule is CCCCOC(=O)C(C)(CO)C[C@@H](Cc1ccc(-c2ccccc2)cc1)NC(=O)c1cnn[nH]1. The van der Waals surface area contributed by atoms with Gasteiger partial charge in [-0.15, -0.1) is 5.10 Å². The summed E-state index contributed by atoms with van der Waals surface area (Å²) in [6.45, 7) is 3.60. The van der Waals surface area contributed by atoms with E-state index in [1.807, 2.05) is 61.5 Å². The Balaban J connectivity index is 1.77. The van der Waals surface area contributed by atoms with Crippen molar-refractivity contribution >= 4 is 11.9 Å². The monoisotopic (exact) mass is 464 g/mol. The molecule has 34 heavy (non-hydrogen) atoms. The van der Waals surface area contributed by atoms with Crippen LogP contribution in [0.15, 0.2) is 60.8 Å². The molecule has 2 atom stereocenters. The lowest BCUT2D eigenvalue weighted by Gasteiger charge is -2.30. The van der Waals surface area contributed by atoms with E-state index < -0.39 is 17.4 Å². The van der Waals surface area contributed by atoms with Crippen LogP contribution >= 0.6 is 0 Å². The Bertz CT molecular complexity index is 1040. The third-order valence-corrected chi connectivity index (χ3v) is 5.81. The first kappa shape index (κ1) is 25.1. The number of aromatic amines is 1. The van der Waals surface area contributed by atoms with Crippen LogP contribution in [0.2, 0.25) is 0 Å². The molecule has 1 unspecified atom stereocenters. The highest BCUT2D eigenvalue weighted by atomic mass is 16.5.